The van der Waals surface area contributed by atoms with E-state index in [1.54, 1.807) is 12.7 Å². The van der Waals surface area contributed by atoms with Crippen molar-refractivity contribution in [3.05, 3.63) is 35.4 Å². The van der Waals surface area contributed by atoms with Gasteiger partial charge in [0.15, 0.2) is 0 Å². The molecule has 114 valence electrons. The maximum atomic E-state index is 12.1. The Morgan fingerprint density at radius 1 is 1.24 bits per heavy atom. The van der Waals surface area contributed by atoms with Crippen LogP contribution in [0.15, 0.2) is 24.3 Å². The Morgan fingerprint density at radius 2 is 2.00 bits per heavy atom. The first-order chi connectivity index (χ1) is 10.2. The fourth-order valence-corrected chi connectivity index (χ4v) is 4.06. The zero-order valence-corrected chi connectivity index (χ0v) is 12.9. The normalized spacial score (nSPS) is 20.3. The number of ether oxygens (including phenoxy) is 1. The van der Waals surface area contributed by atoms with Gasteiger partial charge >= 0.3 is 0 Å². The fourth-order valence-electron chi connectivity index (χ4n) is 4.06. The van der Waals surface area contributed by atoms with Gasteiger partial charge < -0.3 is 9.64 Å². The molecule has 2 aliphatic rings. The third-order valence-corrected chi connectivity index (χ3v) is 5.28. The van der Waals surface area contributed by atoms with Gasteiger partial charge in [-0.15, -0.1) is 0 Å². The van der Waals surface area contributed by atoms with Crippen molar-refractivity contribution in [2.45, 2.75) is 43.9 Å². The predicted molar refractivity (Wildman–Crippen MR) is 83.4 cm³/mol. The second kappa shape index (κ2) is 6.18. The van der Waals surface area contributed by atoms with Crippen molar-refractivity contribution in [2.24, 2.45) is 0 Å². The molecule has 21 heavy (non-hydrogen) atoms. The molecule has 1 aromatic rings. The van der Waals surface area contributed by atoms with Gasteiger partial charge in [0.1, 0.15) is 0 Å². The molecule has 1 heterocycles. The zero-order chi connectivity index (χ0) is 14.7. The molecule has 1 amide bonds. The minimum absolute atomic E-state index is 0.246. The molecule has 0 N–H and O–H groups in total. The monoisotopic (exact) mass is 287 g/mol. The van der Waals surface area contributed by atoms with Gasteiger partial charge in [-0.1, -0.05) is 24.3 Å². The average Bonchev–Trinajstić information content (AvgIpc) is 2.54. The molecular formula is C18H25NO2. The summed E-state index contributed by atoms with van der Waals surface area (Å²) in [6, 6.07) is 8.92. The first-order valence-corrected chi connectivity index (χ1v) is 8.10. The van der Waals surface area contributed by atoms with E-state index >= 15 is 0 Å². The van der Waals surface area contributed by atoms with Crippen LogP contribution in [0, 0.1) is 0 Å². The molecule has 0 bridgehead atoms. The van der Waals surface area contributed by atoms with Crippen LogP contribution in [0.4, 0.5) is 0 Å². The van der Waals surface area contributed by atoms with E-state index < -0.39 is 0 Å². The van der Waals surface area contributed by atoms with Crippen LogP contribution in [0.25, 0.3) is 0 Å². The highest BCUT2D eigenvalue weighted by Gasteiger charge is 2.39. The lowest BCUT2D eigenvalue weighted by atomic mass is 9.65. The standard InChI is InChI=1S/C18H25NO2/c1-21-14-8-17(20)19-12-10-18(11-13-19)9-4-6-15-5-2-3-7-16(15)18/h2-3,5,7H,4,6,8-14H2,1H3. The number of amides is 1. The Morgan fingerprint density at radius 3 is 2.76 bits per heavy atom. The number of aryl methyl sites for hydroxylation is 1. The molecule has 1 aromatic carbocycles. The Hall–Kier alpha value is -1.35. The van der Waals surface area contributed by atoms with Crippen LogP contribution in [0.5, 0.6) is 0 Å². The van der Waals surface area contributed by atoms with Gasteiger partial charge in [0.05, 0.1) is 13.0 Å². The van der Waals surface area contributed by atoms with Gasteiger partial charge in [0.25, 0.3) is 0 Å². The molecule has 1 spiro atoms. The van der Waals surface area contributed by atoms with Crippen molar-refractivity contribution in [2.75, 3.05) is 26.8 Å². The summed E-state index contributed by atoms with van der Waals surface area (Å²) in [5, 5.41) is 0. The van der Waals surface area contributed by atoms with E-state index in [-0.39, 0.29) is 5.91 Å². The van der Waals surface area contributed by atoms with Crippen molar-refractivity contribution >= 4 is 5.91 Å². The molecule has 1 saturated heterocycles. The van der Waals surface area contributed by atoms with Crippen molar-refractivity contribution in [3.8, 4) is 0 Å². The number of carbonyl (C=O) groups excluding carboxylic acids is 1. The van der Waals surface area contributed by atoms with Gasteiger partial charge in [-0.25, -0.2) is 0 Å². The molecule has 1 fully saturated rings. The molecule has 1 aliphatic heterocycles. The largest absolute Gasteiger partial charge is 0.384 e. The molecule has 3 rings (SSSR count). The highest BCUT2D eigenvalue weighted by atomic mass is 16.5. The minimum atomic E-state index is 0.246. The fraction of sp³-hybridized carbons (Fsp3) is 0.611. The number of benzene rings is 1. The van der Waals surface area contributed by atoms with E-state index in [1.807, 2.05) is 4.90 Å². The summed E-state index contributed by atoms with van der Waals surface area (Å²) in [6.45, 7) is 2.33. The third-order valence-electron chi connectivity index (χ3n) is 5.28. The zero-order valence-electron chi connectivity index (χ0n) is 12.9. The summed E-state index contributed by atoms with van der Waals surface area (Å²) >= 11 is 0. The highest BCUT2D eigenvalue weighted by Crippen LogP contribution is 2.44. The van der Waals surface area contributed by atoms with Gasteiger partial charge in [-0.3, -0.25) is 4.79 Å². The lowest BCUT2D eigenvalue weighted by Crippen LogP contribution is -2.46. The van der Waals surface area contributed by atoms with Crippen LogP contribution in [-0.2, 0) is 21.4 Å². The minimum Gasteiger partial charge on any atom is -0.384 e. The SMILES string of the molecule is COCCC(=O)N1CCC2(CCCc3ccccc32)CC1. The van der Waals surface area contributed by atoms with Crippen molar-refractivity contribution in [1.82, 2.24) is 4.90 Å². The summed E-state index contributed by atoms with van der Waals surface area (Å²) < 4.78 is 5.01. The van der Waals surface area contributed by atoms with E-state index in [4.69, 9.17) is 4.74 Å². The number of carbonyl (C=O) groups is 1. The summed E-state index contributed by atoms with van der Waals surface area (Å²) in [6.07, 6.45) is 6.53. The first-order valence-electron chi connectivity index (χ1n) is 8.10. The highest BCUT2D eigenvalue weighted by molar-refractivity contribution is 5.76. The molecule has 0 atom stereocenters. The van der Waals surface area contributed by atoms with Crippen molar-refractivity contribution < 1.29 is 9.53 Å². The van der Waals surface area contributed by atoms with Gasteiger partial charge in [0.2, 0.25) is 5.91 Å². The Labute approximate surface area is 127 Å². The molecule has 0 aromatic heterocycles. The number of hydrogen-bond donors (Lipinski definition) is 0. The topological polar surface area (TPSA) is 29.5 Å². The van der Waals surface area contributed by atoms with E-state index in [9.17, 15) is 4.79 Å². The summed E-state index contributed by atoms with van der Waals surface area (Å²) in [7, 11) is 1.65. The van der Waals surface area contributed by atoms with Gasteiger partial charge in [-0.05, 0) is 48.6 Å². The summed E-state index contributed by atoms with van der Waals surface area (Å²) in [5.74, 6) is 0.246. The van der Waals surface area contributed by atoms with Crippen molar-refractivity contribution in [3.63, 3.8) is 0 Å². The molecule has 3 heteroatoms. The molecule has 0 radical (unpaired) electrons. The maximum Gasteiger partial charge on any atom is 0.224 e. The number of methoxy groups -OCH3 is 1. The number of rotatable bonds is 3. The number of nitrogens with zero attached hydrogens (tertiary/aromatic N) is 1. The summed E-state index contributed by atoms with van der Waals surface area (Å²) in [4.78, 5) is 14.1. The van der Waals surface area contributed by atoms with Crippen LogP contribution >= 0.6 is 0 Å². The predicted octanol–water partition coefficient (Wildman–Crippen LogP) is 2.92. The van der Waals surface area contributed by atoms with Crippen molar-refractivity contribution in [1.29, 1.82) is 0 Å². The van der Waals surface area contributed by atoms with E-state index in [0.717, 1.165) is 25.9 Å². The van der Waals surface area contributed by atoms with Gasteiger partial charge in [0, 0.05) is 20.2 Å². The Balaban J connectivity index is 1.70. The van der Waals surface area contributed by atoms with Crippen LogP contribution in [0.2, 0.25) is 0 Å². The number of piperidine rings is 1. The lowest BCUT2D eigenvalue weighted by molar-refractivity contribution is -0.133. The van der Waals surface area contributed by atoms with Crippen LogP contribution < -0.4 is 0 Å². The molecule has 0 saturated carbocycles. The first kappa shape index (κ1) is 14.6. The smallest absolute Gasteiger partial charge is 0.224 e. The van der Waals surface area contributed by atoms with Gasteiger partial charge in [-0.2, -0.15) is 0 Å². The quantitative estimate of drug-likeness (QED) is 0.855. The molecule has 3 nitrogen and oxygen atoms in total. The Kier molecular flexibility index (Phi) is 4.29. The van der Waals surface area contributed by atoms with E-state index in [2.05, 4.69) is 24.3 Å². The van der Waals surface area contributed by atoms with E-state index in [1.165, 1.54) is 24.8 Å². The van der Waals surface area contributed by atoms with Crippen LogP contribution in [-0.4, -0.2) is 37.6 Å². The maximum absolute atomic E-state index is 12.1. The lowest BCUT2D eigenvalue weighted by Gasteiger charge is -2.45. The second-order valence-corrected chi connectivity index (χ2v) is 6.41. The Bertz CT molecular complexity index is 504. The molecule has 1 aliphatic carbocycles. The van der Waals surface area contributed by atoms with Crippen LogP contribution in [0.1, 0.15) is 43.2 Å². The average molecular weight is 287 g/mol. The van der Waals surface area contributed by atoms with E-state index in [0.29, 0.717) is 18.4 Å². The molecule has 0 unspecified atom stereocenters. The van der Waals surface area contributed by atoms with Crippen LogP contribution in [0.3, 0.4) is 0 Å². The number of fused-ring (bicyclic) bond motifs is 2. The molecular weight excluding hydrogens is 262 g/mol. The number of likely N-dealkylation sites (tertiary alicyclic amines) is 1. The number of hydrogen-bond acceptors (Lipinski definition) is 2. The second-order valence-electron chi connectivity index (χ2n) is 6.41. The third kappa shape index (κ3) is 2.84. The summed E-state index contributed by atoms with van der Waals surface area (Å²) in [5.41, 5.74) is 3.41.